The summed E-state index contributed by atoms with van der Waals surface area (Å²) in [7, 11) is 0. The zero-order valence-electron chi connectivity index (χ0n) is 45.1. The van der Waals surface area contributed by atoms with Gasteiger partial charge in [0.2, 0.25) is 47.3 Å². The topological polar surface area (TPSA) is 475 Å². The number of hydrogen-bond acceptors (Lipinski definition) is 16. The molecule has 0 aliphatic carbocycles. The highest BCUT2D eigenvalue weighted by Gasteiger charge is 2.34. The third-order valence-electron chi connectivity index (χ3n) is 12.8. The Morgan fingerprint density at radius 2 is 0.795 bits per heavy atom. The van der Waals surface area contributed by atoms with Crippen LogP contribution in [0.4, 0.5) is 0 Å². The van der Waals surface area contributed by atoms with Gasteiger partial charge < -0.3 is 86.5 Å². The maximum Gasteiger partial charge on any atom is 0.326 e. The minimum atomic E-state index is -1.63. The number of unbranched alkanes of at least 4 members (excludes halogenated alkanes) is 4. The second-order valence-corrected chi connectivity index (χ2v) is 19.1. The monoisotopic (exact) mass is 1110 g/mol. The predicted molar refractivity (Wildman–Crippen MR) is 287 cm³/mol. The molecule has 0 saturated heterocycles. The Morgan fingerprint density at radius 3 is 1.18 bits per heavy atom. The van der Waals surface area contributed by atoms with Gasteiger partial charge in [0.15, 0.2) is 0 Å². The number of nitrogens with one attached hydrogen (secondary N) is 8. The van der Waals surface area contributed by atoms with Gasteiger partial charge in [-0.1, -0.05) is 50.6 Å². The Kier molecular flexibility index (Phi) is 35.1. The highest BCUT2D eigenvalue weighted by molar-refractivity contribution is 5.97. The molecule has 0 bridgehead atoms. The summed E-state index contributed by atoms with van der Waals surface area (Å²) in [6.07, 6.45) is 1.94. The minimum Gasteiger partial charge on any atom is -0.481 e. The fourth-order valence-corrected chi connectivity index (χ4v) is 7.85. The van der Waals surface area contributed by atoms with Crippen molar-refractivity contribution in [2.24, 2.45) is 34.6 Å². The van der Waals surface area contributed by atoms with Crippen LogP contribution in [0.15, 0.2) is 30.3 Å². The van der Waals surface area contributed by atoms with Crippen molar-refractivity contribution < 1.29 is 68.1 Å². The van der Waals surface area contributed by atoms with Gasteiger partial charge in [0, 0.05) is 19.3 Å². The highest BCUT2D eigenvalue weighted by Crippen LogP contribution is 2.12. The van der Waals surface area contributed by atoms with Crippen LogP contribution < -0.4 is 71.2 Å². The zero-order valence-corrected chi connectivity index (χ0v) is 45.1. The standard InChI is InChI=1S/C51H87N13O14/c1-3-31(2)43(56)50(76)62-36(20-10-14-28-55)46(72)60-34(18-8-12-26-53)45(71)59-33(17-7-11-25-52)44(70)57-30-40(65)58-37(21-23-41(66)67)48(74)61-35(19-9-13-27-54)47(73)64-39(29-32-15-5-4-6-16-32)49(75)63-38(51(77)78)22-24-42(68)69/h4-6,15-16,31,33-39,43H,3,7-14,17-30,52-56H2,1-2H3,(H,57,70)(H,58,65)(H,59,71)(H,60,72)(H,61,74)(H,62,76)(H,63,75)(H,64,73)(H,66,67)(H,68,69)(H,77,78)/t31-,33-,34-,35-,36-,37-,38-,39-,43-/m0/s1. The fourth-order valence-electron chi connectivity index (χ4n) is 7.85. The van der Waals surface area contributed by atoms with Crippen molar-refractivity contribution in [2.75, 3.05) is 32.7 Å². The van der Waals surface area contributed by atoms with Crippen LogP contribution in [-0.4, -0.2) is 162 Å². The van der Waals surface area contributed by atoms with Crippen molar-refractivity contribution in [3.8, 4) is 0 Å². The minimum absolute atomic E-state index is 0.0428. The summed E-state index contributed by atoms with van der Waals surface area (Å²) in [6, 6.07) is -2.21. The quantitative estimate of drug-likeness (QED) is 0.0299. The summed E-state index contributed by atoms with van der Waals surface area (Å²) in [5.74, 6) is -11.0. The van der Waals surface area contributed by atoms with Crippen LogP contribution in [0.5, 0.6) is 0 Å². The molecule has 0 heterocycles. The van der Waals surface area contributed by atoms with Gasteiger partial charge in [-0.2, -0.15) is 0 Å². The van der Waals surface area contributed by atoms with Gasteiger partial charge in [-0.25, -0.2) is 4.79 Å². The molecule has 21 N–H and O–H groups in total. The number of carboxylic acids is 3. The summed E-state index contributed by atoms with van der Waals surface area (Å²) < 4.78 is 0. The lowest BCUT2D eigenvalue weighted by Crippen LogP contribution is -2.59. The van der Waals surface area contributed by atoms with Crippen molar-refractivity contribution in [1.29, 1.82) is 0 Å². The average Bonchev–Trinajstić information content (AvgIpc) is 3.40. The first kappa shape index (κ1) is 69.2. The molecule has 0 spiro atoms. The molecule has 0 aliphatic rings. The summed E-state index contributed by atoms with van der Waals surface area (Å²) >= 11 is 0. The maximum absolute atomic E-state index is 14.0. The molecule has 27 heteroatoms. The van der Waals surface area contributed by atoms with Gasteiger partial charge in [0.05, 0.1) is 12.6 Å². The van der Waals surface area contributed by atoms with Crippen molar-refractivity contribution in [2.45, 2.75) is 178 Å². The molecule has 0 saturated carbocycles. The van der Waals surface area contributed by atoms with Crippen molar-refractivity contribution in [3.63, 3.8) is 0 Å². The second-order valence-electron chi connectivity index (χ2n) is 19.1. The van der Waals surface area contributed by atoms with Gasteiger partial charge in [-0.15, -0.1) is 0 Å². The summed E-state index contributed by atoms with van der Waals surface area (Å²) in [5.41, 5.74) is 29.5. The SMILES string of the molecule is CC[C@H](C)[C@H](N)C(=O)N[C@@H](CCCCN)C(=O)N[C@@H](CCCCN)C(=O)N[C@@H](CCCCN)C(=O)NCC(=O)N[C@@H](CCC(=O)O)C(=O)N[C@@H](CCCCN)C(=O)N[C@@H](Cc1ccccc1)C(=O)N[C@@H](CCC(=O)O)C(=O)O. The summed E-state index contributed by atoms with van der Waals surface area (Å²) in [5, 5.41) is 48.6. The van der Waals surface area contributed by atoms with Crippen LogP contribution in [-0.2, 0) is 59.2 Å². The van der Waals surface area contributed by atoms with Crippen molar-refractivity contribution in [3.05, 3.63) is 35.9 Å². The normalized spacial score (nSPS) is 14.5. The molecule has 440 valence electrons. The molecule has 1 rings (SSSR count). The van der Waals surface area contributed by atoms with Gasteiger partial charge in [0.25, 0.3) is 0 Å². The first-order valence-electron chi connectivity index (χ1n) is 26.8. The Labute approximate surface area is 455 Å². The van der Waals surface area contributed by atoms with E-state index in [2.05, 4.69) is 42.5 Å². The van der Waals surface area contributed by atoms with E-state index in [1.54, 1.807) is 37.3 Å². The first-order chi connectivity index (χ1) is 37.1. The average molecular weight is 1110 g/mol. The molecule has 0 radical (unpaired) electrons. The summed E-state index contributed by atoms with van der Waals surface area (Å²) in [4.78, 5) is 145. The lowest BCUT2D eigenvalue weighted by Gasteiger charge is -2.27. The Balaban J connectivity index is 3.40. The molecule has 0 aliphatic heterocycles. The third-order valence-corrected chi connectivity index (χ3v) is 12.8. The lowest BCUT2D eigenvalue weighted by molar-refractivity contribution is -0.143. The van der Waals surface area contributed by atoms with Crippen molar-refractivity contribution >= 4 is 65.2 Å². The third kappa shape index (κ3) is 28.5. The van der Waals surface area contributed by atoms with E-state index in [1.807, 2.05) is 6.92 Å². The number of rotatable bonds is 43. The Bertz CT molecular complexity index is 2070. The fraction of sp³-hybridized carbons (Fsp3) is 0.667. The van der Waals surface area contributed by atoms with E-state index < -0.39 is 146 Å². The number of benzene rings is 1. The molecule has 9 atom stereocenters. The molecule has 8 amide bonds. The number of amides is 8. The van der Waals surface area contributed by atoms with Crippen LogP contribution in [0.3, 0.4) is 0 Å². The first-order valence-corrected chi connectivity index (χ1v) is 26.8. The molecule has 1 aromatic rings. The smallest absolute Gasteiger partial charge is 0.326 e. The molecule has 0 fully saturated rings. The van der Waals surface area contributed by atoms with E-state index in [4.69, 9.17) is 33.8 Å². The van der Waals surface area contributed by atoms with E-state index in [0.29, 0.717) is 63.5 Å². The van der Waals surface area contributed by atoms with E-state index in [-0.39, 0.29) is 64.1 Å². The van der Waals surface area contributed by atoms with Crippen LogP contribution in [0.2, 0.25) is 0 Å². The van der Waals surface area contributed by atoms with E-state index in [9.17, 15) is 63.0 Å². The van der Waals surface area contributed by atoms with Gasteiger partial charge in [0.1, 0.15) is 42.3 Å². The molecule has 78 heavy (non-hydrogen) atoms. The lowest BCUT2D eigenvalue weighted by atomic mass is 9.98. The van der Waals surface area contributed by atoms with Gasteiger partial charge >= 0.3 is 17.9 Å². The van der Waals surface area contributed by atoms with Crippen LogP contribution in [0.1, 0.15) is 129 Å². The number of carbonyl (C=O) groups is 11. The largest absolute Gasteiger partial charge is 0.481 e. The van der Waals surface area contributed by atoms with Crippen LogP contribution >= 0.6 is 0 Å². The van der Waals surface area contributed by atoms with E-state index >= 15 is 0 Å². The number of nitrogens with two attached hydrogens (primary N) is 5. The molecule has 1 aromatic carbocycles. The van der Waals surface area contributed by atoms with E-state index in [0.717, 1.165) is 0 Å². The van der Waals surface area contributed by atoms with Crippen molar-refractivity contribution in [1.82, 2.24) is 42.5 Å². The zero-order chi connectivity index (χ0) is 58.6. The second kappa shape index (κ2) is 39.5. The van der Waals surface area contributed by atoms with Gasteiger partial charge in [-0.05, 0) is 128 Å². The Hall–Kier alpha value is -6.81. The maximum atomic E-state index is 14.0. The molecule has 0 aromatic heterocycles. The molecular formula is C51H87N13O14. The van der Waals surface area contributed by atoms with Crippen LogP contribution in [0.25, 0.3) is 0 Å². The number of carboxylic acid groups (broad SMARTS) is 3. The van der Waals surface area contributed by atoms with E-state index in [1.165, 1.54) is 0 Å². The van der Waals surface area contributed by atoms with Crippen LogP contribution in [0, 0.1) is 5.92 Å². The van der Waals surface area contributed by atoms with Gasteiger partial charge in [-0.3, -0.25) is 47.9 Å². The summed E-state index contributed by atoms with van der Waals surface area (Å²) in [6.45, 7) is 3.99. The molecule has 27 nitrogen and oxygen atoms in total. The molecule has 0 unspecified atom stereocenters. The highest BCUT2D eigenvalue weighted by atomic mass is 16.4. The molecular weight excluding hydrogens is 1020 g/mol. The number of carbonyl (C=O) groups excluding carboxylic acids is 8. The predicted octanol–water partition coefficient (Wildman–Crippen LogP) is -2.56. The Morgan fingerprint density at radius 1 is 0.449 bits per heavy atom. The number of hydrogen-bond donors (Lipinski definition) is 16. The number of aliphatic carboxylic acids is 3.